The number of aryl methyl sites for hydroxylation is 1. The van der Waals surface area contributed by atoms with E-state index in [0.29, 0.717) is 0 Å². The Bertz CT molecular complexity index is 611. The van der Waals surface area contributed by atoms with Crippen LogP contribution in [-0.2, 0) is 12.8 Å². The summed E-state index contributed by atoms with van der Waals surface area (Å²) in [6.45, 7) is 6.92. The van der Waals surface area contributed by atoms with Crippen LogP contribution >= 0.6 is 0 Å². The minimum atomic E-state index is 1.06. The Hall–Kier alpha value is -1.56. The molecule has 0 N–H and O–H groups in total. The van der Waals surface area contributed by atoms with Gasteiger partial charge in [0, 0.05) is 5.92 Å². The molecule has 0 saturated carbocycles. The summed E-state index contributed by atoms with van der Waals surface area (Å²) >= 11 is 0. The van der Waals surface area contributed by atoms with Crippen molar-refractivity contribution in [3.8, 4) is 0 Å². The number of rotatable bonds is 12. The zero-order valence-electron chi connectivity index (χ0n) is 17.2. The van der Waals surface area contributed by atoms with Gasteiger partial charge >= 0.3 is 0 Å². The summed E-state index contributed by atoms with van der Waals surface area (Å²) < 4.78 is 0. The number of hydrogen-bond acceptors (Lipinski definition) is 0. The third-order valence-electron chi connectivity index (χ3n) is 5.41. The fraction of sp³-hybridized carbons (Fsp3) is 0.500. The minimum absolute atomic E-state index is 1.06. The molecular weight excluding hydrogens is 312 g/mol. The molecular formula is C26H37. The molecule has 2 aromatic carbocycles. The maximum Gasteiger partial charge on any atom is 0.00219 e. The smallest absolute Gasteiger partial charge is 0.00219 e. The number of hydrogen-bond donors (Lipinski definition) is 0. The van der Waals surface area contributed by atoms with Gasteiger partial charge in [0.1, 0.15) is 0 Å². The van der Waals surface area contributed by atoms with Gasteiger partial charge < -0.3 is 0 Å². The highest BCUT2D eigenvalue weighted by molar-refractivity contribution is 5.45. The van der Waals surface area contributed by atoms with Gasteiger partial charge in [-0.2, -0.15) is 0 Å². The van der Waals surface area contributed by atoms with Gasteiger partial charge in [0.05, 0.1) is 0 Å². The lowest BCUT2D eigenvalue weighted by Gasteiger charge is -2.20. The van der Waals surface area contributed by atoms with Gasteiger partial charge in [-0.1, -0.05) is 108 Å². The molecule has 0 bridgehead atoms. The van der Waals surface area contributed by atoms with Gasteiger partial charge in [0.15, 0.2) is 0 Å². The first-order valence-corrected chi connectivity index (χ1v) is 10.7. The Morgan fingerprint density at radius 1 is 0.731 bits per heavy atom. The van der Waals surface area contributed by atoms with Crippen LogP contribution in [0.5, 0.6) is 0 Å². The van der Waals surface area contributed by atoms with Crippen LogP contribution in [-0.4, -0.2) is 0 Å². The largest absolute Gasteiger partial charge is 0.0654 e. The van der Waals surface area contributed by atoms with E-state index in [1.165, 1.54) is 68.9 Å². The molecule has 0 aliphatic carbocycles. The summed E-state index contributed by atoms with van der Waals surface area (Å²) in [6.07, 6.45) is 12.8. The normalized spacial score (nSPS) is 11.2. The Morgan fingerprint density at radius 2 is 1.46 bits per heavy atom. The zero-order chi connectivity index (χ0) is 18.6. The second-order valence-corrected chi connectivity index (χ2v) is 7.65. The summed E-state index contributed by atoms with van der Waals surface area (Å²) in [5.74, 6) is 1.57. The van der Waals surface area contributed by atoms with Crippen molar-refractivity contribution < 1.29 is 0 Å². The highest BCUT2D eigenvalue weighted by Crippen LogP contribution is 2.29. The summed E-state index contributed by atoms with van der Waals surface area (Å²) in [7, 11) is 0. The highest BCUT2D eigenvalue weighted by Gasteiger charge is 2.15. The number of unbranched alkanes of at least 4 members (excludes halogenated alkanes) is 5. The van der Waals surface area contributed by atoms with Gasteiger partial charge in [-0.25, -0.2) is 0 Å². The first-order chi connectivity index (χ1) is 12.8. The van der Waals surface area contributed by atoms with E-state index < -0.39 is 0 Å². The predicted octanol–water partition coefficient (Wildman–Crippen LogP) is 7.92. The lowest BCUT2D eigenvalue weighted by Crippen LogP contribution is -2.06. The van der Waals surface area contributed by atoms with Crippen LogP contribution in [0.2, 0.25) is 0 Å². The highest BCUT2D eigenvalue weighted by atomic mass is 14.2. The van der Waals surface area contributed by atoms with Gasteiger partial charge in [0.25, 0.3) is 0 Å². The Balaban J connectivity index is 2.21. The lowest BCUT2D eigenvalue weighted by molar-refractivity contribution is 0.663. The fourth-order valence-corrected chi connectivity index (χ4v) is 3.79. The molecule has 0 aliphatic heterocycles. The lowest BCUT2D eigenvalue weighted by atomic mass is 9.85. The first-order valence-electron chi connectivity index (χ1n) is 10.7. The maximum absolute atomic E-state index is 2.37. The van der Waals surface area contributed by atoms with E-state index in [0.717, 1.165) is 6.42 Å². The van der Waals surface area contributed by atoms with E-state index in [2.05, 4.69) is 69.3 Å². The third kappa shape index (κ3) is 6.63. The molecule has 0 amide bonds. The average molecular weight is 350 g/mol. The van der Waals surface area contributed by atoms with Crippen molar-refractivity contribution in [1.82, 2.24) is 0 Å². The van der Waals surface area contributed by atoms with E-state index in [4.69, 9.17) is 0 Å². The summed E-state index contributed by atoms with van der Waals surface area (Å²) in [5.41, 5.74) is 6.08. The van der Waals surface area contributed by atoms with Crippen molar-refractivity contribution in [3.05, 3.63) is 76.7 Å². The Morgan fingerprint density at radius 3 is 2.19 bits per heavy atom. The van der Waals surface area contributed by atoms with Gasteiger partial charge in [0.2, 0.25) is 0 Å². The average Bonchev–Trinajstić information content (AvgIpc) is 2.67. The summed E-state index contributed by atoms with van der Waals surface area (Å²) in [4.78, 5) is 0. The molecule has 0 heteroatoms. The molecule has 2 aromatic rings. The van der Waals surface area contributed by atoms with Crippen molar-refractivity contribution in [2.45, 2.75) is 85.0 Å². The fourth-order valence-electron chi connectivity index (χ4n) is 3.79. The van der Waals surface area contributed by atoms with Crippen LogP contribution in [0.15, 0.2) is 48.5 Å². The molecule has 0 spiro atoms. The van der Waals surface area contributed by atoms with Crippen LogP contribution in [0.4, 0.5) is 0 Å². The quantitative estimate of drug-likeness (QED) is 0.341. The number of benzene rings is 2. The molecule has 141 valence electrons. The molecule has 2 rings (SSSR count). The molecule has 26 heavy (non-hydrogen) atoms. The first kappa shape index (κ1) is 20.7. The van der Waals surface area contributed by atoms with Gasteiger partial charge in [-0.15, -0.1) is 0 Å². The summed E-state index contributed by atoms with van der Waals surface area (Å²) in [5, 5.41) is 0. The van der Waals surface area contributed by atoms with Crippen LogP contribution in [0.1, 0.15) is 94.4 Å². The van der Waals surface area contributed by atoms with Crippen molar-refractivity contribution in [2.75, 3.05) is 0 Å². The van der Waals surface area contributed by atoms with Crippen molar-refractivity contribution >= 4 is 0 Å². The molecule has 0 heterocycles. The molecule has 0 atom stereocenters. The van der Waals surface area contributed by atoms with Crippen LogP contribution in [0.25, 0.3) is 0 Å². The summed E-state index contributed by atoms with van der Waals surface area (Å²) in [6, 6.07) is 18.0. The molecule has 0 aromatic heterocycles. The van der Waals surface area contributed by atoms with Gasteiger partial charge in [-0.3, -0.25) is 0 Å². The van der Waals surface area contributed by atoms with E-state index in [-0.39, 0.29) is 0 Å². The monoisotopic (exact) mass is 349 g/mol. The molecule has 0 nitrogen and oxygen atoms in total. The van der Waals surface area contributed by atoms with Crippen LogP contribution < -0.4 is 0 Å². The second-order valence-electron chi connectivity index (χ2n) is 7.65. The van der Waals surface area contributed by atoms with E-state index in [1.54, 1.807) is 17.0 Å². The Labute approximate surface area is 162 Å². The zero-order valence-corrected chi connectivity index (χ0v) is 17.2. The topological polar surface area (TPSA) is 0 Å². The van der Waals surface area contributed by atoms with E-state index in [9.17, 15) is 0 Å². The molecule has 0 unspecified atom stereocenters. The third-order valence-corrected chi connectivity index (χ3v) is 5.41. The van der Waals surface area contributed by atoms with Crippen molar-refractivity contribution in [3.63, 3.8) is 0 Å². The molecule has 0 saturated heterocycles. The maximum atomic E-state index is 2.37. The van der Waals surface area contributed by atoms with Crippen LogP contribution in [0, 0.1) is 5.92 Å². The second kappa shape index (κ2) is 11.9. The Kier molecular flexibility index (Phi) is 9.53. The predicted molar refractivity (Wildman–Crippen MR) is 116 cm³/mol. The van der Waals surface area contributed by atoms with Crippen LogP contribution in [0.3, 0.4) is 0 Å². The van der Waals surface area contributed by atoms with E-state index >= 15 is 0 Å². The molecule has 0 fully saturated rings. The molecule has 1 radical (unpaired) electrons. The van der Waals surface area contributed by atoms with Gasteiger partial charge in [-0.05, 0) is 47.9 Å². The SMILES string of the molecule is CCCCCCc1cccc([C](C)CCCCC)c1Cc1ccccc1. The van der Waals surface area contributed by atoms with E-state index in [1.807, 2.05) is 0 Å². The molecule has 0 aliphatic rings. The minimum Gasteiger partial charge on any atom is -0.0654 e. The standard InChI is InChI=1S/C26H37/c1-4-6-8-13-18-24-19-14-20-25(22(3)15-10-7-5-2)26(24)21-23-16-11-9-12-17-23/h9,11-12,14,16-17,19-20H,4-8,10,13,15,18,21H2,1-3H3. The van der Waals surface area contributed by atoms with Crippen molar-refractivity contribution in [2.24, 2.45) is 0 Å². The van der Waals surface area contributed by atoms with Crippen molar-refractivity contribution in [1.29, 1.82) is 0 Å².